The number of rotatable bonds is 4. The van der Waals surface area contributed by atoms with Gasteiger partial charge in [0.05, 0.1) is 10.6 Å². The maximum Gasteiger partial charge on any atom is 0.238 e. The number of benzene rings is 2. The first-order chi connectivity index (χ1) is 9.81. The molecular formula is C14H15ClN2O3S. The van der Waals surface area contributed by atoms with E-state index in [4.69, 9.17) is 27.2 Å². The van der Waals surface area contributed by atoms with E-state index in [0.717, 1.165) is 12.0 Å². The second-order valence-corrected chi connectivity index (χ2v) is 6.42. The highest BCUT2D eigenvalue weighted by Crippen LogP contribution is 2.31. The minimum absolute atomic E-state index is 0.0589. The number of anilines is 1. The first-order valence-electron chi connectivity index (χ1n) is 6.20. The number of hydrogen-bond acceptors (Lipinski definition) is 4. The second-order valence-electron chi connectivity index (χ2n) is 4.45. The minimum Gasteiger partial charge on any atom is -0.455 e. The largest absolute Gasteiger partial charge is 0.455 e. The Morgan fingerprint density at radius 1 is 1.19 bits per heavy atom. The third kappa shape index (κ3) is 3.66. The second kappa shape index (κ2) is 5.93. The van der Waals surface area contributed by atoms with Gasteiger partial charge in [-0.15, -0.1) is 0 Å². The smallest absolute Gasteiger partial charge is 0.238 e. The normalized spacial score (nSPS) is 11.4. The molecule has 2 aromatic carbocycles. The Morgan fingerprint density at radius 3 is 2.52 bits per heavy atom. The van der Waals surface area contributed by atoms with E-state index in [2.05, 4.69) is 0 Å². The molecule has 2 aromatic rings. The molecule has 0 aliphatic heterocycles. The van der Waals surface area contributed by atoms with E-state index in [9.17, 15) is 8.42 Å². The lowest BCUT2D eigenvalue weighted by atomic mass is 10.1. The molecule has 112 valence electrons. The number of hydrogen-bond donors (Lipinski definition) is 2. The maximum atomic E-state index is 11.4. The Hall–Kier alpha value is -1.76. The van der Waals surface area contributed by atoms with Gasteiger partial charge in [0.2, 0.25) is 10.0 Å². The lowest BCUT2D eigenvalue weighted by molar-refractivity contribution is 0.482. The molecule has 0 amide bonds. The van der Waals surface area contributed by atoms with E-state index >= 15 is 0 Å². The lowest BCUT2D eigenvalue weighted by Gasteiger charge is -2.11. The summed E-state index contributed by atoms with van der Waals surface area (Å²) in [5.74, 6) is 0.750. The quantitative estimate of drug-likeness (QED) is 0.844. The van der Waals surface area contributed by atoms with E-state index in [1.807, 2.05) is 6.92 Å². The first kappa shape index (κ1) is 15.6. The van der Waals surface area contributed by atoms with Gasteiger partial charge in [-0.25, -0.2) is 13.6 Å². The minimum atomic E-state index is -3.81. The van der Waals surface area contributed by atoms with Crippen molar-refractivity contribution >= 4 is 27.3 Å². The average Bonchev–Trinajstić information content (AvgIpc) is 2.42. The molecular weight excluding hydrogens is 312 g/mol. The summed E-state index contributed by atoms with van der Waals surface area (Å²) in [6, 6.07) is 9.25. The maximum absolute atomic E-state index is 11.4. The first-order valence-corrected chi connectivity index (χ1v) is 8.12. The Kier molecular flexibility index (Phi) is 4.41. The van der Waals surface area contributed by atoms with Gasteiger partial charge in [-0.3, -0.25) is 0 Å². The van der Waals surface area contributed by atoms with Crippen molar-refractivity contribution in [1.29, 1.82) is 0 Å². The molecule has 0 aromatic heterocycles. The summed E-state index contributed by atoms with van der Waals surface area (Å²) >= 11 is 6.04. The molecule has 7 heteroatoms. The number of ether oxygens (including phenoxy) is 1. The van der Waals surface area contributed by atoms with Crippen LogP contribution in [-0.4, -0.2) is 8.42 Å². The molecule has 0 fully saturated rings. The monoisotopic (exact) mass is 326 g/mol. The molecule has 0 saturated heterocycles. The van der Waals surface area contributed by atoms with Crippen molar-refractivity contribution in [3.05, 3.63) is 47.0 Å². The number of nitrogens with two attached hydrogens (primary N) is 2. The zero-order valence-corrected chi connectivity index (χ0v) is 12.9. The zero-order valence-electron chi connectivity index (χ0n) is 11.3. The molecule has 0 aliphatic carbocycles. The summed E-state index contributed by atoms with van der Waals surface area (Å²) in [6.07, 6.45) is 0.753. The number of nitrogen functional groups attached to an aromatic ring is 1. The summed E-state index contributed by atoms with van der Waals surface area (Å²) in [5, 5.41) is 5.74. The third-order valence-corrected chi connectivity index (χ3v) is 4.22. The summed E-state index contributed by atoms with van der Waals surface area (Å²) in [5.41, 5.74) is 7.04. The molecule has 0 saturated carbocycles. The van der Waals surface area contributed by atoms with E-state index in [0.29, 0.717) is 16.5 Å². The van der Waals surface area contributed by atoms with Crippen LogP contribution in [0.5, 0.6) is 11.5 Å². The highest BCUT2D eigenvalue weighted by Gasteiger charge is 2.12. The van der Waals surface area contributed by atoms with Gasteiger partial charge in [-0.05, 0) is 42.3 Å². The number of halogens is 1. The molecule has 0 unspecified atom stereocenters. The third-order valence-electron chi connectivity index (χ3n) is 2.94. The van der Waals surface area contributed by atoms with Crippen LogP contribution < -0.4 is 15.6 Å². The standard InChI is InChI=1S/C14H15ClN2O3S/c1-2-9-7-10(3-5-12(9)15)20-14-8-11(21(17,18)19)4-6-13(14)16/h3-8H,2,16H2,1H3,(H2,17,18,19). The topological polar surface area (TPSA) is 95.4 Å². The fraction of sp³-hybridized carbons (Fsp3) is 0.143. The Balaban J connectivity index is 2.39. The molecule has 0 spiro atoms. The van der Waals surface area contributed by atoms with E-state index < -0.39 is 10.0 Å². The molecule has 5 nitrogen and oxygen atoms in total. The Morgan fingerprint density at radius 2 is 1.90 bits per heavy atom. The molecule has 0 aliphatic rings. The van der Waals surface area contributed by atoms with Gasteiger partial charge in [0.1, 0.15) is 5.75 Å². The summed E-state index contributed by atoms with van der Waals surface area (Å²) in [4.78, 5) is -0.0589. The molecule has 2 rings (SSSR count). The van der Waals surface area contributed by atoms with Crippen LogP contribution in [0.3, 0.4) is 0 Å². The number of aryl methyl sites for hydroxylation is 1. The van der Waals surface area contributed by atoms with E-state index in [1.54, 1.807) is 18.2 Å². The lowest BCUT2D eigenvalue weighted by Crippen LogP contribution is -2.12. The van der Waals surface area contributed by atoms with Gasteiger partial charge in [0.25, 0.3) is 0 Å². The predicted molar refractivity (Wildman–Crippen MR) is 83.1 cm³/mol. The fourth-order valence-electron chi connectivity index (χ4n) is 1.79. The van der Waals surface area contributed by atoms with Gasteiger partial charge in [-0.2, -0.15) is 0 Å². The highest BCUT2D eigenvalue weighted by atomic mass is 35.5. The fourth-order valence-corrected chi connectivity index (χ4v) is 2.57. The van der Waals surface area contributed by atoms with Crippen LogP contribution in [0.15, 0.2) is 41.3 Å². The molecule has 21 heavy (non-hydrogen) atoms. The van der Waals surface area contributed by atoms with Gasteiger partial charge in [-0.1, -0.05) is 18.5 Å². The van der Waals surface area contributed by atoms with Crippen LogP contribution in [0, 0.1) is 0 Å². The van der Waals surface area contributed by atoms with Crippen molar-refractivity contribution in [2.24, 2.45) is 5.14 Å². The van der Waals surface area contributed by atoms with E-state index in [-0.39, 0.29) is 10.6 Å². The van der Waals surface area contributed by atoms with Crippen molar-refractivity contribution in [2.75, 3.05) is 5.73 Å². The van der Waals surface area contributed by atoms with Crippen molar-refractivity contribution in [2.45, 2.75) is 18.2 Å². The van der Waals surface area contributed by atoms with Crippen LogP contribution in [0.4, 0.5) is 5.69 Å². The summed E-state index contributed by atoms with van der Waals surface area (Å²) < 4.78 is 28.4. The van der Waals surface area contributed by atoms with E-state index in [1.165, 1.54) is 18.2 Å². The Bertz CT molecular complexity index is 776. The predicted octanol–water partition coefficient (Wildman–Crippen LogP) is 2.92. The number of primary sulfonamides is 1. The van der Waals surface area contributed by atoms with Crippen molar-refractivity contribution in [3.8, 4) is 11.5 Å². The van der Waals surface area contributed by atoms with Crippen LogP contribution in [-0.2, 0) is 16.4 Å². The molecule has 4 N–H and O–H groups in total. The van der Waals surface area contributed by atoms with Crippen molar-refractivity contribution < 1.29 is 13.2 Å². The van der Waals surface area contributed by atoms with Crippen LogP contribution >= 0.6 is 11.6 Å². The van der Waals surface area contributed by atoms with Gasteiger partial charge in [0.15, 0.2) is 5.75 Å². The molecule has 0 bridgehead atoms. The molecule has 0 radical (unpaired) electrons. The Labute approximate surface area is 128 Å². The van der Waals surface area contributed by atoms with Gasteiger partial charge in [0, 0.05) is 11.1 Å². The van der Waals surface area contributed by atoms with Crippen LogP contribution in [0.1, 0.15) is 12.5 Å². The average molecular weight is 327 g/mol. The summed E-state index contributed by atoms with van der Waals surface area (Å²) in [7, 11) is -3.81. The van der Waals surface area contributed by atoms with Crippen LogP contribution in [0.25, 0.3) is 0 Å². The zero-order chi connectivity index (χ0) is 15.6. The van der Waals surface area contributed by atoms with Gasteiger partial charge >= 0.3 is 0 Å². The van der Waals surface area contributed by atoms with Crippen LogP contribution in [0.2, 0.25) is 5.02 Å². The molecule has 0 heterocycles. The SMILES string of the molecule is CCc1cc(Oc2cc(S(N)(=O)=O)ccc2N)ccc1Cl. The summed E-state index contributed by atoms with van der Waals surface area (Å²) in [6.45, 7) is 1.97. The highest BCUT2D eigenvalue weighted by molar-refractivity contribution is 7.89. The van der Waals surface area contributed by atoms with Crippen molar-refractivity contribution in [3.63, 3.8) is 0 Å². The van der Waals surface area contributed by atoms with Crippen molar-refractivity contribution in [1.82, 2.24) is 0 Å². The van der Waals surface area contributed by atoms with Gasteiger partial charge < -0.3 is 10.5 Å². The molecule has 0 atom stereocenters. The number of sulfonamides is 1.